The van der Waals surface area contributed by atoms with Gasteiger partial charge in [0.2, 0.25) is 5.91 Å². The van der Waals surface area contributed by atoms with Gasteiger partial charge in [0.1, 0.15) is 11.6 Å². The molecule has 1 heterocycles. The van der Waals surface area contributed by atoms with Gasteiger partial charge in [0.05, 0.1) is 17.8 Å². The smallest absolute Gasteiger partial charge is 0.217 e. The second-order valence-electron chi connectivity index (χ2n) is 5.76. The number of rotatable bonds is 4. The molecule has 21 heavy (non-hydrogen) atoms. The zero-order chi connectivity index (χ0) is 15.6. The Labute approximate surface area is 124 Å². The molecule has 0 saturated carbocycles. The lowest BCUT2D eigenvalue weighted by atomic mass is 9.93. The average Bonchev–Trinajstić information content (AvgIpc) is 2.80. The van der Waals surface area contributed by atoms with Crippen LogP contribution in [0.5, 0.6) is 0 Å². The van der Waals surface area contributed by atoms with Crippen molar-refractivity contribution in [2.24, 2.45) is 5.92 Å². The predicted molar refractivity (Wildman–Crippen MR) is 79.2 cm³/mol. The number of benzene rings is 1. The number of amides is 1. The van der Waals surface area contributed by atoms with Gasteiger partial charge in [0.25, 0.3) is 0 Å². The van der Waals surface area contributed by atoms with Crippen LogP contribution in [-0.4, -0.2) is 24.5 Å². The van der Waals surface area contributed by atoms with Crippen molar-refractivity contribution in [2.75, 3.05) is 11.4 Å². The first-order valence-electron chi connectivity index (χ1n) is 7.42. The highest BCUT2D eigenvalue weighted by Gasteiger charge is 2.38. The number of nitrogens with zero attached hydrogens (tertiary/aromatic N) is 1. The van der Waals surface area contributed by atoms with Gasteiger partial charge < -0.3 is 10.2 Å². The predicted octanol–water partition coefficient (Wildman–Crippen LogP) is 3.09. The average molecular weight is 296 g/mol. The molecule has 5 heteroatoms. The number of nitrogens with one attached hydrogen (secondary N) is 1. The maximum absolute atomic E-state index is 14.1. The van der Waals surface area contributed by atoms with Crippen LogP contribution in [0.3, 0.4) is 0 Å². The molecule has 3 atom stereocenters. The summed E-state index contributed by atoms with van der Waals surface area (Å²) < 4.78 is 27.2. The maximum atomic E-state index is 14.1. The lowest BCUT2D eigenvalue weighted by molar-refractivity contribution is -0.119. The van der Waals surface area contributed by atoms with Crippen LogP contribution in [0.15, 0.2) is 18.2 Å². The molecule has 1 aliphatic rings. The molecule has 1 aromatic rings. The summed E-state index contributed by atoms with van der Waals surface area (Å²) in [7, 11) is 0. The van der Waals surface area contributed by atoms with Gasteiger partial charge in [-0.05, 0) is 24.5 Å². The Balaban J connectivity index is 2.31. The van der Waals surface area contributed by atoms with E-state index >= 15 is 0 Å². The fraction of sp³-hybridized carbons (Fsp3) is 0.562. The molecule has 1 amide bonds. The third-order valence-electron chi connectivity index (χ3n) is 4.29. The van der Waals surface area contributed by atoms with Crippen LogP contribution >= 0.6 is 0 Å². The highest BCUT2D eigenvalue weighted by atomic mass is 19.1. The Hall–Kier alpha value is -1.65. The topological polar surface area (TPSA) is 32.3 Å². The van der Waals surface area contributed by atoms with Crippen LogP contribution in [-0.2, 0) is 4.79 Å². The van der Waals surface area contributed by atoms with Crippen LogP contribution in [0.2, 0.25) is 0 Å². The Morgan fingerprint density at radius 1 is 1.48 bits per heavy atom. The molecule has 0 spiro atoms. The van der Waals surface area contributed by atoms with Gasteiger partial charge in [-0.3, -0.25) is 4.79 Å². The summed E-state index contributed by atoms with van der Waals surface area (Å²) in [5.74, 6) is -0.899. The highest BCUT2D eigenvalue weighted by Crippen LogP contribution is 2.33. The van der Waals surface area contributed by atoms with E-state index in [0.717, 1.165) is 18.9 Å². The van der Waals surface area contributed by atoms with Gasteiger partial charge in [-0.2, -0.15) is 0 Å². The van der Waals surface area contributed by atoms with E-state index < -0.39 is 11.6 Å². The zero-order valence-corrected chi connectivity index (χ0v) is 12.7. The second-order valence-corrected chi connectivity index (χ2v) is 5.76. The molecule has 3 nitrogen and oxygen atoms in total. The van der Waals surface area contributed by atoms with Gasteiger partial charge in [0.15, 0.2) is 0 Å². The molecule has 0 radical (unpaired) electrons. The molecule has 0 bridgehead atoms. The molecule has 3 unspecified atom stereocenters. The maximum Gasteiger partial charge on any atom is 0.217 e. The van der Waals surface area contributed by atoms with Crippen LogP contribution < -0.4 is 10.2 Å². The Kier molecular flexibility index (Phi) is 4.80. The van der Waals surface area contributed by atoms with Gasteiger partial charge in [-0.1, -0.05) is 20.3 Å². The lowest BCUT2D eigenvalue weighted by Gasteiger charge is -2.34. The van der Waals surface area contributed by atoms with E-state index in [1.165, 1.54) is 19.1 Å². The first kappa shape index (κ1) is 15.7. The monoisotopic (exact) mass is 296 g/mol. The zero-order valence-electron chi connectivity index (χ0n) is 12.7. The number of anilines is 1. The number of halogens is 2. The van der Waals surface area contributed by atoms with Crippen LogP contribution in [0.4, 0.5) is 14.5 Å². The summed E-state index contributed by atoms with van der Waals surface area (Å²) >= 11 is 0. The van der Waals surface area contributed by atoms with Crippen LogP contribution in [0.1, 0.15) is 33.6 Å². The highest BCUT2D eigenvalue weighted by molar-refractivity contribution is 5.73. The van der Waals surface area contributed by atoms with Crippen molar-refractivity contribution in [3.8, 4) is 0 Å². The minimum Gasteiger partial charge on any atom is -0.364 e. The third kappa shape index (κ3) is 3.34. The van der Waals surface area contributed by atoms with E-state index in [0.29, 0.717) is 18.2 Å². The molecule has 2 rings (SSSR count). The summed E-state index contributed by atoms with van der Waals surface area (Å²) in [6, 6.07) is 3.70. The van der Waals surface area contributed by atoms with E-state index in [1.54, 1.807) is 0 Å². The summed E-state index contributed by atoms with van der Waals surface area (Å²) in [6.07, 6.45) is 1.70. The van der Waals surface area contributed by atoms with Gasteiger partial charge >= 0.3 is 0 Å². The molecule has 1 aromatic carbocycles. The summed E-state index contributed by atoms with van der Waals surface area (Å²) in [5, 5.41) is 2.96. The summed E-state index contributed by atoms with van der Waals surface area (Å²) in [4.78, 5) is 13.3. The van der Waals surface area contributed by atoms with E-state index in [9.17, 15) is 13.6 Å². The quantitative estimate of drug-likeness (QED) is 0.926. The number of carbonyl (C=O) groups is 1. The third-order valence-corrected chi connectivity index (χ3v) is 4.29. The van der Waals surface area contributed by atoms with E-state index in [-0.39, 0.29) is 18.0 Å². The van der Waals surface area contributed by atoms with Crippen LogP contribution in [0.25, 0.3) is 0 Å². The van der Waals surface area contributed by atoms with Gasteiger partial charge in [-0.15, -0.1) is 0 Å². The minimum atomic E-state index is -0.575. The van der Waals surface area contributed by atoms with Crippen molar-refractivity contribution in [2.45, 2.75) is 45.7 Å². The molecule has 1 fully saturated rings. The Morgan fingerprint density at radius 2 is 2.19 bits per heavy atom. The molecule has 1 aliphatic heterocycles. The van der Waals surface area contributed by atoms with Gasteiger partial charge in [0, 0.05) is 19.5 Å². The number of hydrogen-bond acceptors (Lipinski definition) is 2. The second kappa shape index (κ2) is 6.41. The van der Waals surface area contributed by atoms with E-state index in [1.807, 2.05) is 4.90 Å². The molecular weight excluding hydrogens is 274 g/mol. The number of hydrogen-bond donors (Lipinski definition) is 1. The molecular formula is C16H22F2N2O. The van der Waals surface area contributed by atoms with Crippen molar-refractivity contribution in [3.63, 3.8) is 0 Å². The first-order valence-corrected chi connectivity index (χ1v) is 7.42. The Morgan fingerprint density at radius 3 is 2.76 bits per heavy atom. The normalized spacial score (nSPS) is 23.2. The van der Waals surface area contributed by atoms with Crippen molar-refractivity contribution in [1.29, 1.82) is 0 Å². The molecule has 1 N–H and O–H groups in total. The molecule has 116 valence electrons. The molecule has 1 saturated heterocycles. The standard InChI is InChI=1S/C16H22F2N2O/c1-4-10(2)16-14(19-11(3)21)7-8-20(16)15-6-5-12(17)9-13(15)18/h5-6,9-10,14,16H,4,7-8H2,1-3H3,(H,19,21). The molecule has 0 aliphatic carbocycles. The van der Waals surface area contributed by atoms with Crippen molar-refractivity contribution >= 4 is 11.6 Å². The largest absolute Gasteiger partial charge is 0.364 e. The molecule has 0 aromatic heterocycles. The SMILES string of the molecule is CCC(C)C1C(NC(C)=O)CCN1c1ccc(F)cc1F. The van der Waals surface area contributed by atoms with Crippen molar-refractivity contribution < 1.29 is 13.6 Å². The van der Waals surface area contributed by atoms with Crippen molar-refractivity contribution in [1.82, 2.24) is 5.32 Å². The van der Waals surface area contributed by atoms with Crippen molar-refractivity contribution in [3.05, 3.63) is 29.8 Å². The van der Waals surface area contributed by atoms with E-state index in [4.69, 9.17) is 0 Å². The first-order chi connectivity index (χ1) is 9.93. The fourth-order valence-corrected chi connectivity index (χ4v) is 3.17. The fourth-order valence-electron chi connectivity index (χ4n) is 3.17. The van der Waals surface area contributed by atoms with E-state index in [2.05, 4.69) is 19.2 Å². The van der Waals surface area contributed by atoms with Gasteiger partial charge in [-0.25, -0.2) is 8.78 Å². The summed E-state index contributed by atoms with van der Waals surface area (Å²) in [6.45, 7) is 6.32. The minimum absolute atomic E-state index is 0.00176. The summed E-state index contributed by atoms with van der Waals surface area (Å²) in [5.41, 5.74) is 0.412. The Bertz CT molecular complexity index is 521. The number of carbonyl (C=O) groups excluding carboxylic acids is 1. The van der Waals surface area contributed by atoms with Crippen LogP contribution in [0, 0.1) is 17.6 Å². The lowest BCUT2D eigenvalue weighted by Crippen LogP contribution is -2.48.